The SMILES string of the molecule is NCCC1(C=O)C=CC(O)=C(O)C1. The summed E-state index contributed by atoms with van der Waals surface area (Å²) in [5.74, 6) is -0.322. The van der Waals surface area contributed by atoms with Gasteiger partial charge >= 0.3 is 0 Å². The number of nitrogens with two attached hydrogens (primary N) is 1. The minimum absolute atomic E-state index is 0.135. The Morgan fingerprint density at radius 1 is 1.62 bits per heavy atom. The van der Waals surface area contributed by atoms with E-state index in [0.717, 1.165) is 6.29 Å². The summed E-state index contributed by atoms with van der Waals surface area (Å²) in [6.45, 7) is 0.372. The third-order valence-corrected chi connectivity index (χ3v) is 2.21. The smallest absolute Gasteiger partial charge is 0.152 e. The third kappa shape index (κ3) is 1.89. The highest BCUT2D eigenvalue weighted by Crippen LogP contribution is 2.33. The van der Waals surface area contributed by atoms with Crippen LogP contribution in [0.15, 0.2) is 23.7 Å². The Kier molecular flexibility index (Phi) is 2.72. The zero-order valence-electron chi connectivity index (χ0n) is 7.23. The molecule has 4 N–H and O–H groups in total. The largest absolute Gasteiger partial charge is 0.508 e. The molecule has 13 heavy (non-hydrogen) atoms. The summed E-state index contributed by atoms with van der Waals surface area (Å²) in [5, 5.41) is 18.3. The van der Waals surface area contributed by atoms with Crippen LogP contribution in [0, 0.1) is 5.41 Å². The van der Waals surface area contributed by atoms with Gasteiger partial charge in [0.15, 0.2) is 5.76 Å². The van der Waals surface area contributed by atoms with Crippen LogP contribution >= 0.6 is 0 Å². The first-order valence-electron chi connectivity index (χ1n) is 4.10. The number of carbonyl (C=O) groups excluding carboxylic acids is 1. The van der Waals surface area contributed by atoms with Gasteiger partial charge in [0.25, 0.3) is 0 Å². The molecule has 0 radical (unpaired) electrons. The Bertz CT molecular complexity index is 270. The maximum absolute atomic E-state index is 10.8. The summed E-state index contributed by atoms with van der Waals surface area (Å²) in [4.78, 5) is 10.8. The molecule has 0 amide bonds. The van der Waals surface area contributed by atoms with Gasteiger partial charge in [-0.25, -0.2) is 0 Å². The molecular formula is C9H13NO3. The van der Waals surface area contributed by atoms with Gasteiger partial charge in [0.05, 0.1) is 5.41 Å². The van der Waals surface area contributed by atoms with Crippen molar-refractivity contribution in [3.63, 3.8) is 0 Å². The van der Waals surface area contributed by atoms with E-state index in [1.807, 2.05) is 0 Å². The summed E-state index contributed by atoms with van der Waals surface area (Å²) in [6, 6.07) is 0. The fraction of sp³-hybridized carbons (Fsp3) is 0.444. The number of hydrogen-bond donors (Lipinski definition) is 3. The van der Waals surface area contributed by atoms with Crippen LogP contribution < -0.4 is 5.73 Å². The summed E-state index contributed by atoms with van der Waals surface area (Å²) in [7, 11) is 0. The number of carbonyl (C=O) groups is 1. The van der Waals surface area contributed by atoms with Crippen LogP contribution in [0.1, 0.15) is 12.8 Å². The molecule has 0 bridgehead atoms. The van der Waals surface area contributed by atoms with Gasteiger partial charge in [0, 0.05) is 6.42 Å². The van der Waals surface area contributed by atoms with Crippen molar-refractivity contribution in [2.45, 2.75) is 12.8 Å². The van der Waals surface area contributed by atoms with Gasteiger partial charge in [-0.15, -0.1) is 0 Å². The number of aldehydes is 1. The van der Waals surface area contributed by atoms with Gasteiger partial charge in [-0.2, -0.15) is 0 Å². The molecule has 0 fully saturated rings. The predicted octanol–water partition coefficient (Wildman–Crippen LogP) is 0.808. The van der Waals surface area contributed by atoms with Crippen LogP contribution in [0.5, 0.6) is 0 Å². The maximum Gasteiger partial charge on any atom is 0.152 e. The van der Waals surface area contributed by atoms with E-state index in [1.54, 1.807) is 6.08 Å². The van der Waals surface area contributed by atoms with Crippen molar-refractivity contribution < 1.29 is 15.0 Å². The molecule has 1 atom stereocenters. The van der Waals surface area contributed by atoms with E-state index in [1.165, 1.54) is 6.08 Å². The lowest BCUT2D eigenvalue weighted by Crippen LogP contribution is -2.26. The van der Waals surface area contributed by atoms with Crippen LogP contribution in [-0.2, 0) is 4.79 Å². The molecule has 1 aliphatic carbocycles. The Balaban J connectivity index is 2.85. The molecule has 4 heteroatoms. The van der Waals surface area contributed by atoms with E-state index in [-0.39, 0.29) is 17.9 Å². The molecule has 1 rings (SSSR count). The number of rotatable bonds is 3. The van der Waals surface area contributed by atoms with Gasteiger partial charge in [-0.1, -0.05) is 6.08 Å². The Morgan fingerprint density at radius 2 is 2.31 bits per heavy atom. The Morgan fingerprint density at radius 3 is 2.77 bits per heavy atom. The van der Waals surface area contributed by atoms with Crippen LogP contribution in [0.2, 0.25) is 0 Å². The van der Waals surface area contributed by atoms with Crippen LogP contribution in [-0.4, -0.2) is 23.0 Å². The number of allylic oxidation sites excluding steroid dienone is 3. The zero-order valence-corrected chi connectivity index (χ0v) is 7.23. The normalized spacial score (nSPS) is 27.8. The van der Waals surface area contributed by atoms with Crippen molar-refractivity contribution >= 4 is 6.29 Å². The van der Waals surface area contributed by atoms with E-state index >= 15 is 0 Å². The second-order valence-electron chi connectivity index (χ2n) is 3.23. The average Bonchev–Trinajstić information content (AvgIpc) is 2.12. The molecule has 4 nitrogen and oxygen atoms in total. The third-order valence-electron chi connectivity index (χ3n) is 2.21. The molecule has 1 aliphatic rings. The molecular weight excluding hydrogens is 170 g/mol. The molecule has 0 heterocycles. The molecule has 0 saturated heterocycles. The van der Waals surface area contributed by atoms with E-state index in [4.69, 9.17) is 10.8 Å². The fourth-order valence-corrected chi connectivity index (χ4v) is 1.38. The van der Waals surface area contributed by atoms with Gasteiger partial charge in [-0.05, 0) is 19.0 Å². The molecule has 0 aromatic carbocycles. The van der Waals surface area contributed by atoms with E-state index in [2.05, 4.69) is 0 Å². The van der Waals surface area contributed by atoms with Crippen molar-refractivity contribution in [2.24, 2.45) is 11.1 Å². The molecule has 0 aromatic heterocycles. The zero-order chi connectivity index (χ0) is 9.90. The lowest BCUT2D eigenvalue weighted by molar-refractivity contribution is -0.114. The minimum Gasteiger partial charge on any atom is -0.508 e. The van der Waals surface area contributed by atoms with Crippen molar-refractivity contribution in [1.82, 2.24) is 0 Å². The van der Waals surface area contributed by atoms with Crippen molar-refractivity contribution in [2.75, 3.05) is 6.54 Å². The standard InChI is InChI=1S/C9H13NO3/c10-4-3-9(6-11)2-1-7(12)8(13)5-9/h1-2,6,12-13H,3-5,10H2. The summed E-state index contributed by atoms with van der Waals surface area (Å²) in [5.41, 5.74) is 4.62. The van der Waals surface area contributed by atoms with Gasteiger partial charge in [0.2, 0.25) is 0 Å². The molecule has 0 aliphatic heterocycles. The Hall–Kier alpha value is -1.29. The first-order chi connectivity index (χ1) is 6.13. The molecule has 0 aromatic rings. The van der Waals surface area contributed by atoms with Crippen LogP contribution in [0.25, 0.3) is 0 Å². The monoisotopic (exact) mass is 183 g/mol. The van der Waals surface area contributed by atoms with Crippen LogP contribution in [0.4, 0.5) is 0 Å². The summed E-state index contributed by atoms with van der Waals surface area (Å²) >= 11 is 0. The van der Waals surface area contributed by atoms with E-state index < -0.39 is 5.41 Å². The lowest BCUT2D eigenvalue weighted by Gasteiger charge is -2.26. The average molecular weight is 183 g/mol. The van der Waals surface area contributed by atoms with E-state index in [0.29, 0.717) is 13.0 Å². The molecule has 72 valence electrons. The second kappa shape index (κ2) is 3.62. The number of hydrogen-bond acceptors (Lipinski definition) is 4. The van der Waals surface area contributed by atoms with Crippen molar-refractivity contribution in [1.29, 1.82) is 0 Å². The first-order valence-corrected chi connectivity index (χ1v) is 4.10. The fourth-order valence-electron chi connectivity index (χ4n) is 1.38. The summed E-state index contributed by atoms with van der Waals surface area (Å²) in [6.07, 6.45) is 4.30. The lowest BCUT2D eigenvalue weighted by atomic mass is 9.79. The predicted molar refractivity (Wildman–Crippen MR) is 48.2 cm³/mol. The molecule has 1 unspecified atom stereocenters. The highest BCUT2D eigenvalue weighted by Gasteiger charge is 2.31. The minimum atomic E-state index is -0.731. The number of aliphatic hydroxyl groups is 2. The topological polar surface area (TPSA) is 83.6 Å². The van der Waals surface area contributed by atoms with Gasteiger partial charge in [-0.3, -0.25) is 0 Å². The van der Waals surface area contributed by atoms with Crippen molar-refractivity contribution in [3.05, 3.63) is 23.7 Å². The van der Waals surface area contributed by atoms with Crippen molar-refractivity contribution in [3.8, 4) is 0 Å². The Labute approximate surface area is 76.4 Å². The quantitative estimate of drug-likeness (QED) is 0.565. The highest BCUT2D eigenvalue weighted by atomic mass is 16.3. The summed E-state index contributed by atoms with van der Waals surface area (Å²) < 4.78 is 0. The van der Waals surface area contributed by atoms with Crippen LogP contribution in [0.3, 0.4) is 0 Å². The van der Waals surface area contributed by atoms with Gasteiger partial charge < -0.3 is 20.7 Å². The maximum atomic E-state index is 10.8. The highest BCUT2D eigenvalue weighted by molar-refractivity contribution is 5.64. The van der Waals surface area contributed by atoms with Gasteiger partial charge in [0.1, 0.15) is 12.0 Å². The number of aliphatic hydroxyl groups excluding tert-OH is 2. The molecule has 0 spiro atoms. The molecule has 0 saturated carbocycles. The second-order valence-corrected chi connectivity index (χ2v) is 3.23. The first kappa shape index (κ1) is 9.80. The van der Waals surface area contributed by atoms with E-state index in [9.17, 15) is 9.90 Å².